The minimum Gasteiger partial charge on any atom is -0.493 e. The largest absolute Gasteiger partial charge is 0.493 e. The van der Waals surface area contributed by atoms with Crippen molar-refractivity contribution in [2.45, 2.75) is 63.7 Å². The van der Waals surface area contributed by atoms with Crippen LogP contribution in [0, 0.1) is 0 Å². The number of rotatable bonds is 2. The maximum atomic E-state index is 14.7. The molecule has 0 N–H and O–H groups in total. The van der Waals surface area contributed by atoms with Crippen LogP contribution in [0.25, 0.3) is 66.1 Å². The predicted molar refractivity (Wildman–Crippen MR) is 255 cm³/mol. The van der Waals surface area contributed by atoms with Crippen molar-refractivity contribution in [1.29, 1.82) is 0 Å². The third-order valence-corrected chi connectivity index (χ3v) is 13.9. The molecule has 0 bridgehead atoms. The summed E-state index contributed by atoms with van der Waals surface area (Å²) < 4.78 is 189. The molecule has 3 aliphatic heterocycles. The molecule has 16 heteroatoms. The van der Waals surface area contributed by atoms with Crippen LogP contribution in [0.1, 0.15) is 57.3 Å². The van der Waals surface area contributed by atoms with Crippen molar-refractivity contribution in [1.82, 2.24) is 0 Å². The zero-order valence-electron chi connectivity index (χ0n) is 37.6. The van der Waals surface area contributed by atoms with Crippen LogP contribution in [0.4, 0.5) is 52.7 Å². The number of alkyl halides is 12. The summed E-state index contributed by atoms with van der Waals surface area (Å²) in [6.45, 7) is 0.271. The Morgan fingerprint density at radius 2 is 0.736 bits per heavy atom. The number of quaternary nitrogens is 1. The normalized spacial score (nSPS) is 15.6. The van der Waals surface area contributed by atoms with E-state index in [1.807, 2.05) is 72.8 Å². The third kappa shape index (κ3) is 8.73. The Balaban J connectivity index is 0.00000596. The molecular formula is C56H39BrF12NO2+. The summed E-state index contributed by atoms with van der Waals surface area (Å²) in [6, 6.07) is 31.8. The summed E-state index contributed by atoms with van der Waals surface area (Å²) >= 11 is 0. The van der Waals surface area contributed by atoms with Crippen LogP contribution >= 0.6 is 17.0 Å². The molecule has 1 spiro atoms. The Labute approximate surface area is 414 Å². The van der Waals surface area contributed by atoms with Gasteiger partial charge in [-0.25, -0.2) is 0 Å². The molecule has 0 saturated carbocycles. The number of hydrogen-bond acceptors (Lipinski definition) is 2. The van der Waals surface area contributed by atoms with Gasteiger partial charge in [-0.05, 0) is 116 Å². The molecule has 0 aliphatic carbocycles. The second-order valence-corrected chi connectivity index (χ2v) is 18.5. The maximum absolute atomic E-state index is 14.7. The van der Waals surface area contributed by atoms with E-state index in [9.17, 15) is 52.7 Å². The molecule has 3 aliphatic rings. The number of benzene rings is 8. The van der Waals surface area contributed by atoms with E-state index in [-0.39, 0.29) is 118 Å². The molecule has 3 nitrogen and oxygen atoms in total. The fourth-order valence-corrected chi connectivity index (χ4v) is 10.9. The van der Waals surface area contributed by atoms with Crippen molar-refractivity contribution < 1.29 is 66.6 Å². The molecule has 11 rings (SSSR count). The van der Waals surface area contributed by atoms with Gasteiger partial charge in [0.15, 0.2) is 0 Å². The van der Waals surface area contributed by atoms with Gasteiger partial charge in [0.05, 0.1) is 35.5 Å². The van der Waals surface area contributed by atoms with Gasteiger partial charge < -0.3 is 14.0 Å². The van der Waals surface area contributed by atoms with Crippen molar-refractivity contribution in [3.63, 3.8) is 0 Å². The van der Waals surface area contributed by atoms with Gasteiger partial charge in [-0.3, -0.25) is 0 Å². The summed E-state index contributed by atoms with van der Waals surface area (Å²) in [4.78, 5) is 0. The number of nitrogens with zero attached hydrogens (tertiary/aromatic N) is 1. The second-order valence-electron chi connectivity index (χ2n) is 18.5. The van der Waals surface area contributed by atoms with Crippen LogP contribution in [0.2, 0.25) is 0 Å². The molecule has 0 amide bonds. The van der Waals surface area contributed by atoms with Crippen LogP contribution in [0.15, 0.2) is 133 Å². The molecule has 0 unspecified atom stereocenters. The summed E-state index contributed by atoms with van der Waals surface area (Å²) in [6.07, 6.45) is -19.9. The third-order valence-electron chi connectivity index (χ3n) is 13.9. The van der Waals surface area contributed by atoms with Gasteiger partial charge in [0.2, 0.25) is 0 Å². The average Bonchev–Trinajstić information content (AvgIpc) is 3.56. The molecular weight excluding hydrogens is 1030 g/mol. The summed E-state index contributed by atoms with van der Waals surface area (Å²) in [5.41, 5.74) is -2.75. The second kappa shape index (κ2) is 17.6. The first kappa shape index (κ1) is 49.1. The topological polar surface area (TPSA) is 18.5 Å². The van der Waals surface area contributed by atoms with Gasteiger partial charge in [0.25, 0.3) is 0 Å². The van der Waals surface area contributed by atoms with Crippen LogP contribution in [-0.4, -0.2) is 17.7 Å². The van der Waals surface area contributed by atoms with E-state index in [1.54, 1.807) is 0 Å². The lowest BCUT2D eigenvalue weighted by atomic mass is 9.85. The number of hydrogen-bond donors (Lipinski definition) is 0. The van der Waals surface area contributed by atoms with Gasteiger partial charge in [-0.2, -0.15) is 52.7 Å². The van der Waals surface area contributed by atoms with Gasteiger partial charge in [-0.15, -0.1) is 17.0 Å². The fourth-order valence-electron chi connectivity index (χ4n) is 10.9. The Morgan fingerprint density at radius 1 is 0.375 bits per heavy atom. The summed E-state index contributed by atoms with van der Waals surface area (Å²) in [5.74, 6) is 0.314. The van der Waals surface area contributed by atoms with Crippen molar-refractivity contribution in [2.24, 2.45) is 0 Å². The van der Waals surface area contributed by atoms with Crippen molar-refractivity contribution >= 4 is 38.5 Å². The lowest BCUT2D eigenvalue weighted by Gasteiger charge is -2.39. The lowest BCUT2D eigenvalue weighted by molar-refractivity contribution is -0.977. The molecule has 3 heterocycles. The average molecular weight is 1070 g/mol. The molecule has 0 radical (unpaired) electrons. The first-order chi connectivity index (χ1) is 33.6. The summed E-state index contributed by atoms with van der Waals surface area (Å²) in [7, 11) is 0. The molecule has 8 aromatic carbocycles. The Kier molecular flexibility index (Phi) is 12.0. The van der Waals surface area contributed by atoms with E-state index in [0.717, 1.165) is 43.8 Å². The van der Waals surface area contributed by atoms with Crippen molar-refractivity contribution in [2.75, 3.05) is 13.2 Å². The highest BCUT2D eigenvalue weighted by atomic mass is 79.9. The molecule has 0 fully saturated rings. The highest BCUT2D eigenvalue weighted by Crippen LogP contribution is 2.55. The zero-order valence-corrected chi connectivity index (χ0v) is 39.3. The van der Waals surface area contributed by atoms with E-state index in [2.05, 4.69) is 0 Å². The van der Waals surface area contributed by atoms with Gasteiger partial charge in [0.1, 0.15) is 37.7 Å². The van der Waals surface area contributed by atoms with Gasteiger partial charge in [-0.1, -0.05) is 84.9 Å². The lowest BCUT2D eigenvalue weighted by Crippen LogP contribution is -2.44. The maximum Gasteiger partial charge on any atom is 0.416 e. The highest BCUT2D eigenvalue weighted by molar-refractivity contribution is 8.93. The molecule has 72 heavy (non-hydrogen) atoms. The number of fused-ring (bicyclic) bond motifs is 7. The minimum atomic E-state index is -5.20. The van der Waals surface area contributed by atoms with Crippen LogP contribution in [-0.2, 0) is 50.9 Å². The molecule has 0 atom stereocenters. The van der Waals surface area contributed by atoms with E-state index >= 15 is 0 Å². The predicted octanol–water partition coefficient (Wildman–Crippen LogP) is 17.4. The zero-order chi connectivity index (χ0) is 49.8. The minimum absolute atomic E-state index is 0. The smallest absolute Gasteiger partial charge is 0.416 e. The molecule has 8 aromatic rings. The Hall–Kier alpha value is -6.52. The van der Waals surface area contributed by atoms with Gasteiger partial charge >= 0.3 is 24.7 Å². The van der Waals surface area contributed by atoms with Crippen LogP contribution < -0.4 is 9.47 Å². The van der Waals surface area contributed by atoms with E-state index in [0.29, 0.717) is 37.1 Å². The van der Waals surface area contributed by atoms with Crippen LogP contribution in [0.3, 0.4) is 0 Å². The standard InChI is InChI=1S/C56H38F12NO2.BrH/c57-53(58,59)37-21-35(22-38(25-37)54(60,61)62)41-15-17-47-51-45(41)29-69(27-33-13-11-31-7-1-3-9-43(31)49(33)50-34(28-69)14-12-32-8-2-4-10-44(32)50)30-46-42(16-18-48(52(46)51)71-20-6-5-19-70-47)36-23-39(55(63,64)65)26-40(24-36)56(66,67)68;/h1-4,7-18,21-26H,5-6,19-20,27-30H2;1H/q+1;. The van der Waals surface area contributed by atoms with E-state index in [4.69, 9.17) is 9.47 Å². The molecule has 0 aromatic heterocycles. The Morgan fingerprint density at radius 3 is 1.10 bits per heavy atom. The van der Waals surface area contributed by atoms with E-state index < -0.39 is 58.1 Å². The highest BCUT2D eigenvalue weighted by Gasteiger charge is 2.45. The SMILES string of the molecule is Br.FC(F)(F)c1cc(-c2ccc3c4c2C[N+]2(Cc5ccc6ccccc6c5-c5c(ccc6ccccc56)C2)Cc2c(-c5cc(C(F)(F)F)cc(C(F)(F)F)c5)ccc(c2-4)OCCCCO3)cc(C(F)(F)F)c1. The Bertz CT molecular complexity index is 3170. The van der Waals surface area contributed by atoms with Crippen molar-refractivity contribution in [3.05, 3.63) is 178 Å². The first-order valence-corrected chi connectivity index (χ1v) is 22.7. The monoisotopic (exact) mass is 1060 g/mol. The molecule has 0 saturated heterocycles. The quantitative estimate of drug-likeness (QED) is 0.127. The number of ether oxygens (including phenoxy) is 2. The van der Waals surface area contributed by atoms with E-state index in [1.165, 1.54) is 24.3 Å². The molecule has 370 valence electrons. The summed E-state index contributed by atoms with van der Waals surface area (Å²) in [5, 5.41) is 3.63. The van der Waals surface area contributed by atoms with Gasteiger partial charge in [0, 0.05) is 33.4 Å². The van der Waals surface area contributed by atoms with Crippen LogP contribution in [0.5, 0.6) is 11.5 Å². The number of halogens is 13. The first-order valence-electron chi connectivity index (χ1n) is 22.7. The van der Waals surface area contributed by atoms with Crippen molar-refractivity contribution in [3.8, 4) is 56.0 Å². The fraction of sp³-hybridized carbons (Fsp3) is 0.214.